The SMILES string of the molecule is CC1=CN(Cc2ccc(C(=N)N)cc2)C(C)(n2ccc(C(N)=O)c2)C=C1. The predicted octanol–water partition coefficient (Wildman–Crippen LogP) is 2.52. The summed E-state index contributed by atoms with van der Waals surface area (Å²) in [7, 11) is 0. The normalized spacial score (nSPS) is 19.3. The molecule has 134 valence electrons. The number of hydrogen-bond donors (Lipinski definition) is 3. The lowest BCUT2D eigenvalue weighted by Gasteiger charge is -2.42. The Morgan fingerprint density at radius 2 is 1.85 bits per heavy atom. The maximum Gasteiger partial charge on any atom is 0.250 e. The van der Waals surface area contributed by atoms with Gasteiger partial charge in [0, 0.05) is 30.7 Å². The van der Waals surface area contributed by atoms with E-state index in [0.717, 1.165) is 11.1 Å². The summed E-state index contributed by atoms with van der Waals surface area (Å²) in [4.78, 5) is 13.7. The molecule has 1 amide bonds. The van der Waals surface area contributed by atoms with Crippen molar-refractivity contribution < 1.29 is 4.79 Å². The maximum atomic E-state index is 11.5. The number of amidine groups is 1. The highest BCUT2D eigenvalue weighted by Gasteiger charge is 2.31. The lowest BCUT2D eigenvalue weighted by atomic mass is 10.0. The van der Waals surface area contributed by atoms with Crippen LogP contribution in [0.4, 0.5) is 0 Å². The lowest BCUT2D eigenvalue weighted by molar-refractivity contribution is 0.0998. The fourth-order valence-electron chi connectivity index (χ4n) is 3.05. The van der Waals surface area contributed by atoms with Gasteiger partial charge < -0.3 is 20.9 Å². The zero-order chi connectivity index (χ0) is 18.9. The number of carbonyl (C=O) groups excluding carboxylic acids is 1. The number of aromatic nitrogens is 1. The average Bonchev–Trinajstić information content (AvgIpc) is 3.10. The lowest BCUT2D eigenvalue weighted by Crippen LogP contribution is -2.44. The summed E-state index contributed by atoms with van der Waals surface area (Å²) in [5.74, 6) is -0.380. The second-order valence-corrected chi connectivity index (χ2v) is 6.71. The fraction of sp³-hybridized carbons (Fsp3) is 0.200. The molecule has 0 bridgehead atoms. The van der Waals surface area contributed by atoms with Crippen LogP contribution in [0.3, 0.4) is 0 Å². The van der Waals surface area contributed by atoms with E-state index in [9.17, 15) is 4.79 Å². The van der Waals surface area contributed by atoms with Crippen molar-refractivity contribution in [3.63, 3.8) is 0 Å². The molecule has 2 aromatic rings. The van der Waals surface area contributed by atoms with E-state index in [2.05, 4.69) is 30.2 Å². The Bertz CT molecular complexity index is 907. The summed E-state index contributed by atoms with van der Waals surface area (Å²) in [5, 5.41) is 7.51. The van der Waals surface area contributed by atoms with E-state index in [0.29, 0.717) is 17.7 Å². The average molecular weight is 349 g/mol. The Balaban J connectivity index is 1.92. The number of nitrogens with two attached hydrogens (primary N) is 2. The number of amides is 1. The predicted molar refractivity (Wildman–Crippen MR) is 102 cm³/mol. The van der Waals surface area contributed by atoms with Crippen molar-refractivity contribution in [2.75, 3.05) is 0 Å². The molecule has 0 radical (unpaired) electrons. The molecule has 0 fully saturated rings. The molecule has 1 unspecified atom stereocenters. The van der Waals surface area contributed by atoms with E-state index in [-0.39, 0.29) is 5.84 Å². The van der Waals surface area contributed by atoms with Crippen LogP contribution in [0, 0.1) is 5.41 Å². The quantitative estimate of drug-likeness (QED) is 0.571. The zero-order valence-electron chi connectivity index (χ0n) is 14.9. The number of allylic oxidation sites excluding steroid dienone is 2. The van der Waals surface area contributed by atoms with Crippen LogP contribution in [0.5, 0.6) is 0 Å². The first-order valence-corrected chi connectivity index (χ1v) is 8.35. The molecule has 6 heteroatoms. The molecule has 0 spiro atoms. The minimum absolute atomic E-state index is 0.0596. The molecule has 0 saturated carbocycles. The Morgan fingerprint density at radius 3 is 2.42 bits per heavy atom. The topological polar surface area (TPSA) is 101 Å². The van der Waals surface area contributed by atoms with Gasteiger partial charge in [0.15, 0.2) is 0 Å². The molecule has 6 nitrogen and oxygen atoms in total. The van der Waals surface area contributed by atoms with Crippen LogP contribution in [-0.2, 0) is 12.2 Å². The van der Waals surface area contributed by atoms with Gasteiger partial charge in [0.1, 0.15) is 11.5 Å². The third-order valence-corrected chi connectivity index (χ3v) is 4.72. The van der Waals surface area contributed by atoms with E-state index in [1.54, 1.807) is 12.3 Å². The summed E-state index contributed by atoms with van der Waals surface area (Å²) >= 11 is 0. The van der Waals surface area contributed by atoms with Gasteiger partial charge in [-0.2, -0.15) is 0 Å². The van der Waals surface area contributed by atoms with Gasteiger partial charge in [-0.15, -0.1) is 0 Å². The first-order valence-electron chi connectivity index (χ1n) is 8.35. The summed E-state index contributed by atoms with van der Waals surface area (Å²) in [5.41, 5.74) is 13.9. The van der Waals surface area contributed by atoms with E-state index < -0.39 is 11.6 Å². The van der Waals surface area contributed by atoms with Crippen molar-refractivity contribution in [3.8, 4) is 0 Å². The monoisotopic (exact) mass is 349 g/mol. The molecule has 1 aliphatic rings. The van der Waals surface area contributed by atoms with Crippen molar-refractivity contribution in [2.24, 2.45) is 11.5 Å². The second kappa shape index (κ2) is 6.55. The van der Waals surface area contributed by atoms with Crippen LogP contribution < -0.4 is 11.5 Å². The fourth-order valence-corrected chi connectivity index (χ4v) is 3.05. The Kier molecular flexibility index (Phi) is 4.42. The number of nitrogen functional groups attached to an aromatic ring is 1. The molecule has 1 aliphatic heterocycles. The van der Waals surface area contributed by atoms with Gasteiger partial charge >= 0.3 is 0 Å². The van der Waals surface area contributed by atoms with Crippen LogP contribution in [0.2, 0.25) is 0 Å². The first kappa shape index (κ1) is 17.5. The van der Waals surface area contributed by atoms with E-state index >= 15 is 0 Å². The minimum Gasteiger partial charge on any atom is -0.384 e. The summed E-state index contributed by atoms with van der Waals surface area (Å²) in [6.45, 7) is 4.80. The van der Waals surface area contributed by atoms with E-state index in [4.69, 9.17) is 16.9 Å². The molecule has 1 aromatic heterocycles. The number of carbonyl (C=O) groups is 1. The molecule has 5 N–H and O–H groups in total. The molecular formula is C20H23N5O. The van der Waals surface area contributed by atoms with Crippen LogP contribution in [0.1, 0.15) is 35.3 Å². The van der Waals surface area contributed by atoms with E-state index in [1.165, 1.54) is 0 Å². The molecule has 0 saturated heterocycles. The minimum atomic E-state index is -0.466. The molecule has 26 heavy (non-hydrogen) atoms. The van der Waals surface area contributed by atoms with Gasteiger partial charge in [-0.3, -0.25) is 10.2 Å². The standard InChI is InChI=1S/C20H23N5O/c1-14-7-9-20(2,24-10-8-17(13-24)19(23)26)25(11-14)12-15-3-5-16(6-4-15)18(21)22/h3-11,13H,12H2,1-2H3,(H3,21,22)(H2,23,26). The third kappa shape index (κ3) is 3.26. The summed E-state index contributed by atoms with van der Waals surface area (Å²) < 4.78 is 1.98. The van der Waals surface area contributed by atoms with Gasteiger partial charge in [-0.05, 0) is 37.1 Å². The second-order valence-electron chi connectivity index (χ2n) is 6.71. The number of benzene rings is 1. The summed E-state index contributed by atoms with van der Waals surface area (Å²) in [6.07, 6.45) is 9.91. The number of primary amides is 1. The molecule has 2 heterocycles. The van der Waals surface area contributed by atoms with Gasteiger partial charge in [-0.1, -0.05) is 30.3 Å². The van der Waals surface area contributed by atoms with Crippen molar-refractivity contribution in [2.45, 2.75) is 26.1 Å². The Hall–Kier alpha value is -3.28. The smallest absolute Gasteiger partial charge is 0.250 e. The van der Waals surface area contributed by atoms with Gasteiger partial charge in [-0.25, -0.2) is 0 Å². The van der Waals surface area contributed by atoms with Gasteiger partial charge in [0.2, 0.25) is 5.91 Å². The number of rotatable bonds is 5. The molecular weight excluding hydrogens is 326 g/mol. The number of hydrogen-bond acceptors (Lipinski definition) is 3. The van der Waals surface area contributed by atoms with Crippen molar-refractivity contribution in [3.05, 3.63) is 83.3 Å². The molecule has 1 aromatic carbocycles. The van der Waals surface area contributed by atoms with E-state index in [1.807, 2.05) is 42.0 Å². The highest BCUT2D eigenvalue weighted by Crippen LogP contribution is 2.31. The van der Waals surface area contributed by atoms with Crippen LogP contribution in [-0.4, -0.2) is 21.2 Å². The Morgan fingerprint density at radius 1 is 1.15 bits per heavy atom. The first-order chi connectivity index (χ1) is 12.3. The highest BCUT2D eigenvalue weighted by molar-refractivity contribution is 5.94. The largest absolute Gasteiger partial charge is 0.384 e. The zero-order valence-corrected chi connectivity index (χ0v) is 14.9. The Labute approximate surface area is 152 Å². The maximum absolute atomic E-state index is 11.5. The van der Waals surface area contributed by atoms with Crippen molar-refractivity contribution >= 4 is 11.7 Å². The molecule has 3 rings (SSSR count). The molecule has 1 atom stereocenters. The van der Waals surface area contributed by atoms with Crippen LogP contribution >= 0.6 is 0 Å². The summed E-state index contributed by atoms with van der Waals surface area (Å²) in [6, 6.07) is 9.39. The van der Waals surface area contributed by atoms with Crippen LogP contribution in [0.25, 0.3) is 0 Å². The van der Waals surface area contributed by atoms with Crippen LogP contribution in [0.15, 0.2) is 66.7 Å². The van der Waals surface area contributed by atoms with Crippen molar-refractivity contribution in [1.29, 1.82) is 5.41 Å². The van der Waals surface area contributed by atoms with Crippen molar-refractivity contribution in [1.82, 2.24) is 9.47 Å². The highest BCUT2D eigenvalue weighted by atomic mass is 16.1. The van der Waals surface area contributed by atoms with Gasteiger partial charge in [0.05, 0.1) is 5.56 Å². The number of nitrogens with zero attached hydrogens (tertiary/aromatic N) is 2. The third-order valence-electron chi connectivity index (χ3n) is 4.72. The van der Waals surface area contributed by atoms with Gasteiger partial charge in [0.25, 0.3) is 0 Å². The number of nitrogens with one attached hydrogen (secondary N) is 1. The molecule has 0 aliphatic carbocycles.